The highest BCUT2D eigenvalue weighted by Gasteiger charge is 2.21. The van der Waals surface area contributed by atoms with E-state index in [1.165, 1.54) is 51.6 Å². The van der Waals surface area contributed by atoms with Gasteiger partial charge in [0.1, 0.15) is 0 Å². The Balaban J connectivity index is 2.30. The monoisotopic (exact) mass is 275 g/mol. The van der Waals surface area contributed by atoms with Crippen molar-refractivity contribution in [2.24, 2.45) is 5.92 Å². The van der Waals surface area contributed by atoms with Crippen molar-refractivity contribution in [3.05, 3.63) is 0 Å². The van der Waals surface area contributed by atoms with Gasteiger partial charge in [0.2, 0.25) is 0 Å². The van der Waals surface area contributed by atoms with Crippen LogP contribution in [0.5, 0.6) is 0 Å². The summed E-state index contributed by atoms with van der Waals surface area (Å²) in [5, 5.41) is 1.15. The van der Waals surface area contributed by atoms with Gasteiger partial charge >= 0.3 is 0 Å². The highest BCUT2D eigenvalue weighted by atomic mass is 79.9. The Hall–Kier alpha value is 0.440. The molecule has 0 N–H and O–H groups in total. The van der Waals surface area contributed by atoms with Gasteiger partial charge in [-0.25, -0.2) is 0 Å². The summed E-state index contributed by atoms with van der Waals surface area (Å²) in [6.45, 7) is 7.27. The highest BCUT2D eigenvalue weighted by molar-refractivity contribution is 9.09. The van der Waals surface area contributed by atoms with Gasteiger partial charge in [-0.2, -0.15) is 0 Å². The molecule has 1 saturated carbocycles. The molecule has 1 nitrogen and oxygen atoms in total. The fourth-order valence-electron chi connectivity index (χ4n) is 2.43. The number of rotatable bonds is 7. The van der Waals surface area contributed by atoms with E-state index in [0.29, 0.717) is 0 Å². The van der Waals surface area contributed by atoms with Gasteiger partial charge in [0.25, 0.3) is 0 Å². The van der Waals surface area contributed by atoms with Crippen LogP contribution in [0.15, 0.2) is 0 Å². The molecule has 0 unspecified atom stereocenters. The van der Waals surface area contributed by atoms with Crippen molar-refractivity contribution < 1.29 is 0 Å². The number of hydrogen-bond donors (Lipinski definition) is 0. The van der Waals surface area contributed by atoms with Crippen LogP contribution in [0.1, 0.15) is 52.4 Å². The molecule has 0 aromatic heterocycles. The third-order valence-corrected chi connectivity index (χ3v) is 3.97. The third kappa shape index (κ3) is 5.35. The normalized spacial score (nSPS) is 18.2. The van der Waals surface area contributed by atoms with Crippen LogP contribution in [0.2, 0.25) is 0 Å². The molecular weight excluding hydrogens is 250 g/mol. The number of hydrogen-bond acceptors (Lipinski definition) is 1. The Morgan fingerprint density at radius 1 is 1.20 bits per heavy atom. The van der Waals surface area contributed by atoms with Crippen LogP contribution in [0.4, 0.5) is 0 Å². The molecule has 0 aromatic carbocycles. The van der Waals surface area contributed by atoms with Crippen LogP contribution < -0.4 is 0 Å². The van der Waals surface area contributed by atoms with Crippen molar-refractivity contribution in [2.75, 3.05) is 18.4 Å². The molecule has 1 aliphatic carbocycles. The number of halogens is 1. The summed E-state index contributed by atoms with van der Waals surface area (Å²) < 4.78 is 0. The zero-order valence-electron chi connectivity index (χ0n) is 10.3. The van der Waals surface area contributed by atoms with Gasteiger partial charge in [-0.3, -0.25) is 0 Å². The number of alkyl halides is 1. The lowest BCUT2D eigenvalue weighted by atomic mass is 10.1. The molecular formula is C13H26BrN. The van der Waals surface area contributed by atoms with Crippen molar-refractivity contribution in [1.29, 1.82) is 0 Å². The summed E-state index contributed by atoms with van der Waals surface area (Å²) in [4.78, 5) is 2.74. The van der Waals surface area contributed by atoms with E-state index in [0.717, 1.165) is 17.3 Å². The van der Waals surface area contributed by atoms with Gasteiger partial charge in [0, 0.05) is 11.4 Å². The zero-order chi connectivity index (χ0) is 11.1. The zero-order valence-corrected chi connectivity index (χ0v) is 11.9. The maximum Gasteiger partial charge on any atom is 0.00952 e. The van der Waals surface area contributed by atoms with Crippen LogP contribution in [0, 0.1) is 5.92 Å². The molecule has 90 valence electrons. The quantitative estimate of drug-likeness (QED) is 0.634. The molecule has 0 radical (unpaired) electrons. The van der Waals surface area contributed by atoms with Crippen molar-refractivity contribution >= 4 is 15.9 Å². The van der Waals surface area contributed by atoms with Gasteiger partial charge in [-0.15, -0.1) is 0 Å². The minimum absolute atomic E-state index is 0.845. The minimum atomic E-state index is 0.845. The lowest BCUT2D eigenvalue weighted by molar-refractivity contribution is 0.189. The van der Waals surface area contributed by atoms with Crippen molar-refractivity contribution in [3.8, 4) is 0 Å². The summed E-state index contributed by atoms with van der Waals surface area (Å²) in [6, 6.07) is 0.905. The van der Waals surface area contributed by atoms with Gasteiger partial charge in [0.05, 0.1) is 0 Å². The van der Waals surface area contributed by atoms with Crippen LogP contribution in [-0.4, -0.2) is 29.4 Å². The van der Waals surface area contributed by atoms with E-state index in [-0.39, 0.29) is 0 Å². The van der Waals surface area contributed by atoms with Gasteiger partial charge in [0.15, 0.2) is 0 Å². The van der Waals surface area contributed by atoms with Crippen molar-refractivity contribution in [2.45, 2.75) is 58.4 Å². The largest absolute Gasteiger partial charge is 0.300 e. The second-order valence-electron chi connectivity index (χ2n) is 5.20. The fraction of sp³-hybridized carbons (Fsp3) is 1.00. The lowest BCUT2D eigenvalue weighted by Gasteiger charge is -2.29. The van der Waals surface area contributed by atoms with Crippen molar-refractivity contribution in [3.63, 3.8) is 0 Å². The smallest absolute Gasteiger partial charge is 0.00952 e. The first-order chi connectivity index (χ1) is 7.24. The lowest BCUT2D eigenvalue weighted by Crippen LogP contribution is -2.35. The van der Waals surface area contributed by atoms with Crippen LogP contribution in [-0.2, 0) is 0 Å². The van der Waals surface area contributed by atoms with Crippen LogP contribution in [0.3, 0.4) is 0 Å². The van der Waals surface area contributed by atoms with Gasteiger partial charge in [-0.1, -0.05) is 42.6 Å². The minimum Gasteiger partial charge on any atom is -0.300 e. The predicted octanol–water partition coefficient (Wildman–Crippen LogP) is 4.06. The van der Waals surface area contributed by atoms with E-state index < -0.39 is 0 Å². The Morgan fingerprint density at radius 2 is 1.87 bits per heavy atom. The number of nitrogens with zero attached hydrogens (tertiary/aromatic N) is 1. The average molecular weight is 276 g/mol. The highest BCUT2D eigenvalue weighted by Crippen LogP contribution is 2.24. The second kappa shape index (κ2) is 7.67. The van der Waals surface area contributed by atoms with Crippen molar-refractivity contribution in [1.82, 2.24) is 4.90 Å². The van der Waals surface area contributed by atoms with E-state index in [1.54, 1.807) is 0 Å². The topological polar surface area (TPSA) is 3.24 Å². The Bertz CT molecular complexity index is 153. The molecule has 0 spiro atoms. The predicted molar refractivity (Wildman–Crippen MR) is 71.7 cm³/mol. The molecule has 0 aliphatic heterocycles. The van der Waals surface area contributed by atoms with Gasteiger partial charge in [-0.05, 0) is 44.7 Å². The summed E-state index contributed by atoms with van der Waals surface area (Å²) in [5.41, 5.74) is 0. The van der Waals surface area contributed by atoms with E-state index in [1.807, 2.05) is 0 Å². The van der Waals surface area contributed by atoms with Crippen LogP contribution in [0.25, 0.3) is 0 Å². The van der Waals surface area contributed by atoms with E-state index >= 15 is 0 Å². The van der Waals surface area contributed by atoms with E-state index in [2.05, 4.69) is 34.7 Å². The maximum atomic E-state index is 3.54. The molecule has 15 heavy (non-hydrogen) atoms. The molecule has 2 heteroatoms. The molecule has 0 aromatic rings. The van der Waals surface area contributed by atoms with Crippen LogP contribution >= 0.6 is 15.9 Å². The summed E-state index contributed by atoms with van der Waals surface area (Å²) in [6.07, 6.45) is 8.46. The Morgan fingerprint density at radius 3 is 2.40 bits per heavy atom. The molecule has 0 amide bonds. The standard InChI is InChI=1S/C13H26BrN/c1-12(2)8-11-15(10-5-9-14)13-6-3-4-7-13/h12-13H,3-11H2,1-2H3. The van der Waals surface area contributed by atoms with Gasteiger partial charge < -0.3 is 4.90 Å². The fourth-order valence-corrected chi connectivity index (χ4v) is 2.68. The molecule has 1 aliphatic rings. The van der Waals surface area contributed by atoms with E-state index in [9.17, 15) is 0 Å². The first-order valence-electron chi connectivity index (χ1n) is 6.54. The summed E-state index contributed by atoms with van der Waals surface area (Å²) >= 11 is 3.54. The average Bonchev–Trinajstić information content (AvgIpc) is 2.71. The first kappa shape index (κ1) is 13.5. The molecule has 1 rings (SSSR count). The molecule has 0 heterocycles. The Kier molecular flexibility index (Phi) is 6.91. The maximum absolute atomic E-state index is 3.54. The SMILES string of the molecule is CC(C)CCN(CCCBr)C1CCCC1. The summed E-state index contributed by atoms with van der Waals surface area (Å²) in [7, 11) is 0. The summed E-state index contributed by atoms with van der Waals surface area (Å²) in [5.74, 6) is 0.845. The van der Waals surface area contributed by atoms with E-state index in [4.69, 9.17) is 0 Å². The molecule has 1 fully saturated rings. The second-order valence-corrected chi connectivity index (χ2v) is 5.99. The third-order valence-electron chi connectivity index (χ3n) is 3.41. The Labute approximate surface area is 104 Å². The molecule has 0 bridgehead atoms. The molecule has 0 saturated heterocycles. The first-order valence-corrected chi connectivity index (χ1v) is 7.66. The molecule has 0 atom stereocenters.